The molecule has 6 heteroatoms. The fraction of sp³-hybridized carbons (Fsp3) is 0.273. The van der Waals surface area contributed by atoms with Crippen LogP contribution in [-0.2, 0) is 4.79 Å². The molecule has 3 aromatic rings. The molecular formula is C22H21ClN2O3. The van der Waals surface area contributed by atoms with E-state index in [9.17, 15) is 9.59 Å². The molecule has 1 unspecified atom stereocenters. The highest BCUT2D eigenvalue weighted by molar-refractivity contribution is 6.34. The predicted octanol–water partition coefficient (Wildman–Crippen LogP) is 5.05. The quantitative estimate of drug-likeness (QED) is 0.620. The summed E-state index contributed by atoms with van der Waals surface area (Å²) in [4.78, 5) is 28.4. The van der Waals surface area contributed by atoms with Crippen LogP contribution in [0.25, 0.3) is 11.0 Å². The normalized spacial score (nSPS) is 15.2. The Balaban J connectivity index is 1.60. The van der Waals surface area contributed by atoms with Crippen LogP contribution in [0.5, 0.6) is 0 Å². The highest BCUT2D eigenvalue weighted by Gasteiger charge is 2.26. The smallest absolute Gasteiger partial charge is 0.254 e. The molecule has 4 rings (SSSR count). The largest absolute Gasteiger partial charge is 0.459 e. The zero-order valence-corrected chi connectivity index (χ0v) is 16.6. The molecule has 1 aliphatic heterocycles. The van der Waals surface area contributed by atoms with Crippen molar-refractivity contribution in [3.63, 3.8) is 0 Å². The van der Waals surface area contributed by atoms with E-state index in [-0.39, 0.29) is 17.9 Å². The minimum absolute atomic E-state index is 0.0375. The minimum atomic E-state index is -0.243. The molecule has 0 saturated carbocycles. The molecule has 1 aliphatic rings. The maximum absolute atomic E-state index is 13.1. The van der Waals surface area contributed by atoms with Gasteiger partial charge in [0, 0.05) is 31.0 Å². The van der Waals surface area contributed by atoms with Gasteiger partial charge in [-0.1, -0.05) is 29.8 Å². The monoisotopic (exact) mass is 396 g/mol. The van der Waals surface area contributed by atoms with Crippen molar-refractivity contribution in [1.29, 1.82) is 0 Å². The zero-order chi connectivity index (χ0) is 19.8. The molecule has 0 bridgehead atoms. The zero-order valence-electron chi connectivity index (χ0n) is 15.8. The van der Waals surface area contributed by atoms with E-state index in [0.29, 0.717) is 29.2 Å². The second-order valence-corrected chi connectivity index (χ2v) is 7.50. The van der Waals surface area contributed by atoms with E-state index in [4.69, 9.17) is 16.0 Å². The predicted molar refractivity (Wildman–Crippen MR) is 110 cm³/mol. The van der Waals surface area contributed by atoms with Gasteiger partial charge in [-0.15, -0.1) is 0 Å². The molecular weight excluding hydrogens is 376 g/mol. The number of rotatable bonds is 4. The number of carbonyl (C=O) groups is 2. The lowest BCUT2D eigenvalue weighted by atomic mass is 10.1. The number of nitrogens with zero attached hydrogens (tertiary/aromatic N) is 2. The van der Waals surface area contributed by atoms with Gasteiger partial charge in [0.2, 0.25) is 5.91 Å². The average Bonchev–Trinajstić information content (AvgIpc) is 3.32. The Labute approximate surface area is 168 Å². The van der Waals surface area contributed by atoms with E-state index >= 15 is 0 Å². The van der Waals surface area contributed by atoms with Crippen LogP contribution in [0, 0.1) is 0 Å². The van der Waals surface area contributed by atoms with E-state index < -0.39 is 0 Å². The summed E-state index contributed by atoms with van der Waals surface area (Å²) >= 11 is 6.30. The van der Waals surface area contributed by atoms with Gasteiger partial charge in [0.1, 0.15) is 11.3 Å². The first-order chi connectivity index (χ1) is 13.5. The lowest BCUT2D eigenvalue weighted by molar-refractivity contribution is -0.117. The molecule has 28 heavy (non-hydrogen) atoms. The van der Waals surface area contributed by atoms with Gasteiger partial charge < -0.3 is 14.2 Å². The molecule has 1 saturated heterocycles. The number of furan rings is 1. The van der Waals surface area contributed by atoms with E-state index in [1.54, 1.807) is 35.0 Å². The van der Waals surface area contributed by atoms with Gasteiger partial charge in [-0.25, -0.2) is 0 Å². The first-order valence-electron chi connectivity index (χ1n) is 9.31. The number of fused-ring (bicyclic) bond motifs is 1. The molecule has 0 spiro atoms. The maximum atomic E-state index is 13.1. The van der Waals surface area contributed by atoms with Crippen molar-refractivity contribution < 1.29 is 14.0 Å². The number of hydrogen-bond acceptors (Lipinski definition) is 3. The highest BCUT2D eigenvalue weighted by atomic mass is 35.5. The van der Waals surface area contributed by atoms with E-state index in [2.05, 4.69) is 0 Å². The summed E-state index contributed by atoms with van der Waals surface area (Å²) in [5.74, 6) is 0.606. The first-order valence-corrected chi connectivity index (χ1v) is 9.69. The molecule has 1 aromatic heterocycles. The minimum Gasteiger partial charge on any atom is -0.459 e. The van der Waals surface area contributed by atoms with Crippen LogP contribution in [0.4, 0.5) is 5.69 Å². The molecule has 2 amide bonds. The van der Waals surface area contributed by atoms with Gasteiger partial charge in [0.15, 0.2) is 0 Å². The number of amides is 2. The van der Waals surface area contributed by atoms with Crippen molar-refractivity contribution in [3.8, 4) is 0 Å². The maximum Gasteiger partial charge on any atom is 0.254 e. The molecule has 0 radical (unpaired) electrons. The Kier molecular flexibility index (Phi) is 4.85. The van der Waals surface area contributed by atoms with Crippen LogP contribution in [0.2, 0.25) is 5.02 Å². The SMILES string of the molecule is CC(c1cc2ccccc2o1)N(C)C(=O)c1ccc(Cl)c(N2CCCC2=O)c1. The lowest BCUT2D eigenvalue weighted by Gasteiger charge is -2.24. The standard InChI is InChI=1S/C22H21ClN2O3/c1-14(20-13-15-6-3-4-7-19(15)28-20)24(2)22(27)16-9-10-17(23)18(12-16)25-11-5-8-21(25)26/h3-4,6-7,9-10,12-14H,5,8,11H2,1-2H3. The van der Waals surface area contributed by atoms with Gasteiger partial charge in [-0.2, -0.15) is 0 Å². The van der Waals surface area contributed by atoms with Crippen molar-refractivity contribution in [2.75, 3.05) is 18.5 Å². The Bertz CT molecular complexity index is 1030. The fourth-order valence-corrected chi connectivity index (χ4v) is 3.75. The molecule has 0 N–H and O–H groups in total. The summed E-state index contributed by atoms with van der Waals surface area (Å²) in [5, 5.41) is 1.48. The Morgan fingerprint density at radius 2 is 2.00 bits per heavy atom. The first kappa shape index (κ1) is 18.6. The molecule has 1 fully saturated rings. The van der Waals surface area contributed by atoms with Gasteiger partial charge in [-0.3, -0.25) is 9.59 Å². The van der Waals surface area contributed by atoms with Crippen molar-refractivity contribution in [1.82, 2.24) is 4.90 Å². The van der Waals surface area contributed by atoms with Crippen LogP contribution in [0.15, 0.2) is 52.9 Å². The van der Waals surface area contributed by atoms with Crippen LogP contribution in [0.1, 0.15) is 41.9 Å². The second-order valence-electron chi connectivity index (χ2n) is 7.09. The second kappa shape index (κ2) is 7.32. The third kappa shape index (κ3) is 3.27. The Hall–Kier alpha value is -2.79. The molecule has 5 nitrogen and oxygen atoms in total. The summed E-state index contributed by atoms with van der Waals surface area (Å²) in [6.07, 6.45) is 1.31. The molecule has 1 atom stereocenters. The van der Waals surface area contributed by atoms with E-state index in [0.717, 1.165) is 23.2 Å². The van der Waals surface area contributed by atoms with Crippen LogP contribution in [0.3, 0.4) is 0 Å². The van der Waals surface area contributed by atoms with E-state index in [1.165, 1.54) is 0 Å². The van der Waals surface area contributed by atoms with Gasteiger partial charge in [0.05, 0.1) is 16.8 Å². The fourth-order valence-electron chi connectivity index (χ4n) is 3.53. The van der Waals surface area contributed by atoms with Gasteiger partial charge in [-0.05, 0) is 43.7 Å². The van der Waals surface area contributed by atoms with Crippen LogP contribution >= 0.6 is 11.6 Å². The summed E-state index contributed by atoms with van der Waals surface area (Å²) in [7, 11) is 1.75. The van der Waals surface area contributed by atoms with Crippen LogP contribution in [-0.4, -0.2) is 30.3 Å². The van der Waals surface area contributed by atoms with Crippen molar-refractivity contribution in [2.24, 2.45) is 0 Å². The summed E-state index contributed by atoms with van der Waals surface area (Å²) < 4.78 is 5.91. The summed E-state index contributed by atoms with van der Waals surface area (Å²) in [6.45, 7) is 2.55. The number of para-hydroxylation sites is 1. The van der Waals surface area contributed by atoms with Crippen molar-refractivity contribution in [3.05, 3.63) is 64.9 Å². The number of carbonyl (C=O) groups excluding carboxylic acids is 2. The van der Waals surface area contributed by atoms with Gasteiger partial charge in [0.25, 0.3) is 5.91 Å². The molecule has 2 aromatic carbocycles. The summed E-state index contributed by atoms with van der Waals surface area (Å²) in [5.41, 5.74) is 1.89. The number of anilines is 1. The molecule has 144 valence electrons. The number of benzene rings is 2. The van der Waals surface area contributed by atoms with E-state index in [1.807, 2.05) is 37.3 Å². The summed E-state index contributed by atoms with van der Waals surface area (Å²) in [6, 6.07) is 14.6. The van der Waals surface area contributed by atoms with Crippen molar-refractivity contribution >= 4 is 40.1 Å². The topological polar surface area (TPSA) is 53.8 Å². The highest BCUT2D eigenvalue weighted by Crippen LogP contribution is 2.32. The molecule has 2 heterocycles. The third-order valence-corrected chi connectivity index (χ3v) is 5.63. The van der Waals surface area contributed by atoms with Crippen molar-refractivity contribution in [2.45, 2.75) is 25.8 Å². The van der Waals surface area contributed by atoms with Gasteiger partial charge >= 0.3 is 0 Å². The van der Waals surface area contributed by atoms with Crippen LogP contribution < -0.4 is 4.90 Å². The third-order valence-electron chi connectivity index (χ3n) is 5.31. The number of halogens is 1. The Morgan fingerprint density at radius 1 is 1.21 bits per heavy atom. The molecule has 0 aliphatic carbocycles. The Morgan fingerprint density at radius 3 is 2.71 bits per heavy atom. The average molecular weight is 397 g/mol. The number of hydrogen-bond donors (Lipinski definition) is 0. The lowest BCUT2D eigenvalue weighted by Crippen LogP contribution is -2.30.